The monoisotopic (exact) mass is 332 g/mol. The zero-order valence-corrected chi connectivity index (χ0v) is 12.7. The Balaban J connectivity index is 1.66. The van der Waals surface area contributed by atoms with Crippen LogP contribution in [-0.2, 0) is 0 Å². The molecule has 0 atom stereocenters. The molecule has 8 nitrogen and oxygen atoms in total. The topological polar surface area (TPSA) is 114 Å². The third-order valence-corrected chi connectivity index (χ3v) is 3.90. The van der Waals surface area contributed by atoms with Crippen LogP contribution in [0.25, 0.3) is 0 Å². The van der Waals surface area contributed by atoms with Gasteiger partial charge in [-0.1, -0.05) is 0 Å². The maximum Gasteiger partial charge on any atom is 0.289 e. The number of phenols is 3. The highest BCUT2D eigenvalue weighted by Gasteiger charge is 2.27. The van der Waals surface area contributed by atoms with E-state index in [-0.39, 0.29) is 17.2 Å². The normalized spacial score (nSPS) is 14.7. The first-order valence-electron chi connectivity index (χ1n) is 7.34. The van der Waals surface area contributed by atoms with Crippen LogP contribution in [0.1, 0.15) is 20.9 Å². The molecule has 24 heavy (non-hydrogen) atoms. The molecule has 0 spiro atoms. The summed E-state index contributed by atoms with van der Waals surface area (Å²) in [5.74, 6) is -2.17. The number of hydrogen-bond acceptors (Lipinski definition) is 6. The smallest absolute Gasteiger partial charge is 0.289 e. The Morgan fingerprint density at radius 1 is 0.917 bits per heavy atom. The average molecular weight is 332 g/mol. The van der Waals surface area contributed by atoms with E-state index in [0.717, 1.165) is 12.1 Å². The highest BCUT2D eigenvalue weighted by Crippen LogP contribution is 2.35. The molecule has 0 aliphatic carbocycles. The summed E-state index contributed by atoms with van der Waals surface area (Å²) in [6.07, 6.45) is 1.43. The number of aromatic hydroxyl groups is 3. The van der Waals surface area contributed by atoms with Crippen molar-refractivity contribution in [1.29, 1.82) is 0 Å². The molecule has 2 amide bonds. The number of furan rings is 1. The lowest BCUT2D eigenvalue weighted by Crippen LogP contribution is -2.50. The van der Waals surface area contributed by atoms with E-state index in [1.165, 1.54) is 11.2 Å². The highest BCUT2D eigenvalue weighted by atomic mass is 16.3. The van der Waals surface area contributed by atoms with Crippen LogP contribution >= 0.6 is 0 Å². The Hall–Kier alpha value is -3.16. The predicted molar refractivity (Wildman–Crippen MR) is 82.0 cm³/mol. The number of carbonyl (C=O) groups excluding carboxylic acids is 2. The molecule has 0 radical (unpaired) electrons. The molecule has 0 unspecified atom stereocenters. The minimum Gasteiger partial charge on any atom is -0.504 e. The van der Waals surface area contributed by atoms with Crippen molar-refractivity contribution in [3.05, 3.63) is 41.9 Å². The van der Waals surface area contributed by atoms with Gasteiger partial charge in [0.2, 0.25) is 0 Å². The van der Waals surface area contributed by atoms with Gasteiger partial charge < -0.3 is 29.5 Å². The molecular weight excluding hydrogens is 316 g/mol. The molecule has 0 bridgehead atoms. The Kier molecular flexibility index (Phi) is 4.03. The van der Waals surface area contributed by atoms with Crippen LogP contribution in [0, 0.1) is 0 Å². The van der Waals surface area contributed by atoms with Crippen molar-refractivity contribution >= 4 is 11.8 Å². The van der Waals surface area contributed by atoms with E-state index in [1.54, 1.807) is 17.0 Å². The number of phenolic OH excluding ortho intramolecular Hbond substituents is 3. The number of benzene rings is 1. The van der Waals surface area contributed by atoms with Crippen molar-refractivity contribution in [3.8, 4) is 17.2 Å². The molecule has 2 heterocycles. The molecule has 1 saturated heterocycles. The van der Waals surface area contributed by atoms with Gasteiger partial charge in [0.1, 0.15) is 0 Å². The summed E-state index contributed by atoms with van der Waals surface area (Å²) in [7, 11) is 0. The maximum atomic E-state index is 12.4. The number of piperazine rings is 1. The van der Waals surface area contributed by atoms with Crippen LogP contribution in [0.2, 0.25) is 0 Å². The molecule has 0 saturated carbocycles. The molecule has 1 aromatic heterocycles. The molecule has 1 aliphatic rings. The largest absolute Gasteiger partial charge is 0.504 e. The van der Waals surface area contributed by atoms with Gasteiger partial charge in [0.05, 0.1) is 6.26 Å². The van der Waals surface area contributed by atoms with Crippen LogP contribution < -0.4 is 0 Å². The van der Waals surface area contributed by atoms with Gasteiger partial charge in [0.25, 0.3) is 11.8 Å². The van der Waals surface area contributed by atoms with E-state index in [9.17, 15) is 24.9 Å². The summed E-state index contributed by atoms with van der Waals surface area (Å²) >= 11 is 0. The number of amides is 2. The van der Waals surface area contributed by atoms with Crippen LogP contribution in [0.5, 0.6) is 17.2 Å². The standard InChI is InChI=1S/C16H16N2O6/c19-11-8-10(9-12(20)14(11)21)15(22)17-3-5-18(6-4-17)16(23)13-2-1-7-24-13/h1-2,7-9,19-21H,3-6H2. The molecule has 8 heteroatoms. The van der Waals surface area contributed by atoms with Gasteiger partial charge >= 0.3 is 0 Å². The number of hydrogen-bond donors (Lipinski definition) is 3. The second kappa shape index (κ2) is 6.15. The fourth-order valence-corrected chi connectivity index (χ4v) is 2.58. The maximum absolute atomic E-state index is 12.4. The Morgan fingerprint density at radius 2 is 1.46 bits per heavy atom. The molecule has 1 aromatic carbocycles. The van der Waals surface area contributed by atoms with Crippen LogP contribution in [0.3, 0.4) is 0 Å². The zero-order valence-electron chi connectivity index (χ0n) is 12.7. The first kappa shape index (κ1) is 15.7. The lowest BCUT2D eigenvalue weighted by molar-refractivity contribution is 0.0518. The van der Waals surface area contributed by atoms with Crippen LogP contribution in [0.4, 0.5) is 0 Å². The van der Waals surface area contributed by atoms with E-state index in [4.69, 9.17) is 4.42 Å². The van der Waals surface area contributed by atoms with E-state index in [1.807, 2.05) is 0 Å². The molecule has 3 N–H and O–H groups in total. The first-order valence-corrected chi connectivity index (χ1v) is 7.34. The molecule has 3 rings (SSSR count). The van der Waals surface area contributed by atoms with Crippen molar-refractivity contribution in [2.45, 2.75) is 0 Å². The fourth-order valence-electron chi connectivity index (χ4n) is 2.58. The van der Waals surface area contributed by atoms with Crippen molar-refractivity contribution < 1.29 is 29.3 Å². The minimum absolute atomic E-state index is 0.0635. The minimum atomic E-state index is -0.666. The number of carbonyl (C=O) groups is 2. The van der Waals surface area contributed by atoms with Crippen molar-refractivity contribution in [2.75, 3.05) is 26.2 Å². The van der Waals surface area contributed by atoms with Gasteiger partial charge in [-0.3, -0.25) is 9.59 Å². The van der Waals surface area contributed by atoms with Crippen LogP contribution in [0.15, 0.2) is 34.9 Å². The quantitative estimate of drug-likeness (QED) is 0.707. The Morgan fingerprint density at radius 3 is 1.96 bits per heavy atom. The van der Waals surface area contributed by atoms with Crippen LogP contribution in [-0.4, -0.2) is 63.1 Å². The molecule has 2 aromatic rings. The predicted octanol–water partition coefficient (Wildman–Crippen LogP) is 0.995. The van der Waals surface area contributed by atoms with Gasteiger partial charge in [-0.15, -0.1) is 0 Å². The summed E-state index contributed by atoms with van der Waals surface area (Å²) in [4.78, 5) is 27.7. The molecule has 126 valence electrons. The van der Waals surface area contributed by atoms with Crippen molar-refractivity contribution in [3.63, 3.8) is 0 Å². The van der Waals surface area contributed by atoms with Gasteiger partial charge in [-0.2, -0.15) is 0 Å². The SMILES string of the molecule is O=C(c1cc(O)c(O)c(O)c1)N1CCN(C(=O)c2ccco2)CC1. The van der Waals surface area contributed by atoms with E-state index in [0.29, 0.717) is 26.2 Å². The number of rotatable bonds is 2. The molecule has 1 fully saturated rings. The van der Waals surface area contributed by atoms with Gasteiger partial charge in [0.15, 0.2) is 23.0 Å². The summed E-state index contributed by atoms with van der Waals surface area (Å²) in [5, 5.41) is 28.3. The lowest BCUT2D eigenvalue weighted by atomic mass is 10.1. The molecule has 1 aliphatic heterocycles. The first-order chi connectivity index (χ1) is 11.5. The summed E-state index contributed by atoms with van der Waals surface area (Å²) in [6, 6.07) is 5.41. The third kappa shape index (κ3) is 2.85. The zero-order chi connectivity index (χ0) is 17.3. The third-order valence-electron chi connectivity index (χ3n) is 3.90. The Bertz CT molecular complexity index is 740. The van der Waals surface area contributed by atoms with Gasteiger partial charge in [-0.05, 0) is 24.3 Å². The fraction of sp³-hybridized carbons (Fsp3) is 0.250. The van der Waals surface area contributed by atoms with E-state index >= 15 is 0 Å². The lowest BCUT2D eigenvalue weighted by Gasteiger charge is -2.34. The second-order valence-electron chi connectivity index (χ2n) is 5.42. The second-order valence-corrected chi connectivity index (χ2v) is 5.42. The van der Waals surface area contributed by atoms with E-state index < -0.39 is 23.2 Å². The van der Waals surface area contributed by atoms with Crippen molar-refractivity contribution in [2.24, 2.45) is 0 Å². The van der Waals surface area contributed by atoms with E-state index in [2.05, 4.69) is 0 Å². The van der Waals surface area contributed by atoms with Gasteiger partial charge in [-0.25, -0.2) is 0 Å². The number of nitrogens with zero attached hydrogens (tertiary/aromatic N) is 2. The summed E-state index contributed by atoms with van der Waals surface area (Å²) in [6.45, 7) is 1.32. The Labute approximate surface area is 137 Å². The van der Waals surface area contributed by atoms with Gasteiger partial charge in [0, 0.05) is 31.7 Å². The average Bonchev–Trinajstić information content (AvgIpc) is 3.12. The summed E-state index contributed by atoms with van der Waals surface area (Å²) in [5.41, 5.74) is 0.0635. The van der Waals surface area contributed by atoms with Crippen molar-refractivity contribution in [1.82, 2.24) is 9.80 Å². The summed E-state index contributed by atoms with van der Waals surface area (Å²) < 4.78 is 5.08. The molecular formula is C16H16N2O6. The highest BCUT2D eigenvalue weighted by molar-refractivity contribution is 5.96.